The molecule has 0 spiro atoms. The number of aryl methyl sites for hydroxylation is 2. The molecular weight excluding hydrogens is 500 g/mol. The predicted molar refractivity (Wildman–Crippen MR) is 153 cm³/mol. The Labute approximate surface area is 224 Å². The molecule has 2 amide bonds. The Morgan fingerprint density at radius 1 is 1.08 bits per heavy atom. The van der Waals surface area contributed by atoms with Crippen LogP contribution in [0.25, 0.3) is 20.7 Å². The first kappa shape index (κ1) is 24.1. The zero-order chi connectivity index (χ0) is 26.1. The fourth-order valence-corrected chi connectivity index (χ4v) is 8.05. The molecule has 2 aliphatic rings. The van der Waals surface area contributed by atoms with Gasteiger partial charge in [0, 0.05) is 16.0 Å². The number of anilines is 2. The number of benzene rings is 1. The van der Waals surface area contributed by atoms with Crippen LogP contribution in [0.4, 0.5) is 10.7 Å². The van der Waals surface area contributed by atoms with Gasteiger partial charge in [0.25, 0.3) is 11.8 Å². The second kappa shape index (κ2) is 8.67. The molecular formula is C29H30N4O2S2. The molecule has 37 heavy (non-hydrogen) atoms. The number of aromatic nitrogens is 1. The van der Waals surface area contributed by atoms with Crippen LogP contribution in [0.2, 0.25) is 0 Å². The maximum atomic E-state index is 13.5. The Balaban J connectivity index is 1.35. The molecule has 0 bridgehead atoms. The van der Waals surface area contributed by atoms with Gasteiger partial charge in [-0.25, -0.2) is 4.98 Å². The second-order valence-electron chi connectivity index (χ2n) is 11.2. The number of nitrogen functional groups attached to an aromatic ring is 1. The number of nitrogens with two attached hydrogens (primary N) is 2. The van der Waals surface area contributed by atoms with Crippen molar-refractivity contribution in [3.05, 3.63) is 63.2 Å². The Morgan fingerprint density at radius 2 is 1.86 bits per heavy atom. The zero-order valence-corrected chi connectivity index (χ0v) is 22.9. The average molecular weight is 531 g/mol. The van der Waals surface area contributed by atoms with Crippen LogP contribution in [0.15, 0.2) is 30.3 Å². The van der Waals surface area contributed by atoms with Gasteiger partial charge in [0.15, 0.2) is 0 Å². The molecule has 3 aromatic heterocycles. The maximum Gasteiger partial charge on any atom is 0.268 e. The summed E-state index contributed by atoms with van der Waals surface area (Å²) in [7, 11) is 0. The van der Waals surface area contributed by atoms with Crippen molar-refractivity contribution in [2.75, 3.05) is 11.1 Å². The van der Waals surface area contributed by atoms with Crippen LogP contribution in [0.3, 0.4) is 0 Å². The van der Waals surface area contributed by atoms with Gasteiger partial charge in [0.05, 0.1) is 11.3 Å². The number of nitrogens with zero attached hydrogens (tertiary/aromatic N) is 1. The molecule has 2 aliphatic carbocycles. The molecule has 6 nitrogen and oxygen atoms in total. The Kier molecular flexibility index (Phi) is 5.65. The van der Waals surface area contributed by atoms with Gasteiger partial charge in [-0.1, -0.05) is 45.0 Å². The van der Waals surface area contributed by atoms with Crippen molar-refractivity contribution in [3.63, 3.8) is 0 Å². The molecule has 190 valence electrons. The van der Waals surface area contributed by atoms with Crippen LogP contribution >= 0.6 is 22.7 Å². The molecule has 5 N–H and O–H groups in total. The van der Waals surface area contributed by atoms with Crippen LogP contribution in [-0.4, -0.2) is 16.8 Å². The van der Waals surface area contributed by atoms with Gasteiger partial charge < -0.3 is 16.8 Å². The number of primary amides is 1. The fraction of sp³-hybridized carbons (Fsp3) is 0.345. The molecule has 1 atom stereocenters. The quantitative estimate of drug-likeness (QED) is 0.292. The Hall–Kier alpha value is -3.23. The van der Waals surface area contributed by atoms with E-state index in [0.717, 1.165) is 57.6 Å². The lowest BCUT2D eigenvalue weighted by Gasteiger charge is -2.34. The third-order valence-corrected chi connectivity index (χ3v) is 10.2. The number of hydrogen-bond donors (Lipinski definition) is 3. The van der Waals surface area contributed by atoms with Gasteiger partial charge in [-0.2, -0.15) is 0 Å². The largest absolute Gasteiger partial charge is 0.397 e. The number of rotatable bonds is 3. The van der Waals surface area contributed by atoms with E-state index in [1.807, 2.05) is 12.1 Å². The smallest absolute Gasteiger partial charge is 0.268 e. The van der Waals surface area contributed by atoms with Gasteiger partial charge >= 0.3 is 0 Å². The van der Waals surface area contributed by atoms with Gasteiger partial charge in [-0.05, 0) is 71.8 Å². The van der Waals surface area contributed by atoms with Crippen molar-refractivity contribution in [2.24, 2.45) is 17.1 Å². The number of amides is 2. The lowest BCUT2D eigenvalue weighted by molar-refractivity contribution is 0.100. The average Bonchev–Trinajstić information content (AvgIpc) is 3.39. The number of pyridine rings is 1. The molecule has 0 fully saturated rings. The van der Waals surface area contributed by atoms with Crippen LogP contribution in [-0.2, 0) is 25.7 Å². The van der Waals surface area contributed by atoms with E-state index in [1.165, 1.54) is 33.8 Å². The number of hydrogen-bond acceptors (Lipinski definition) is 6. The third kappa shape index (κ3) is 4.03. The van der Waals surface area contributed by atoms with Crippen molar-refractivity contribution in [1.82, 2.24) is 4.98 Å². The van der Waals surface area contributed by atoms with Crippen LogP contribution in [0, 0.1) is 11.3 Å². The van der Waals surface area contributed by atoms with E-state index < -0.39 is 5.91 Å². The molecule has 0 saturated heterocycles. The molecule has 0 aliphatic heterocycles. The first-order valence-corrected chi connectivity index (χ1v) is 14.3. The minimum Gasteiger partial charge on any atom is -0.397 e. The second-order valence-corrected chi connectivity index (χ2v) is 13.2. The van der Waals surface area contributed by atoms with E-state index in [2.05, 4.69) is 44.3 Å². The number of carbonyl (C=O) groups is 2. The number of fused-ring (bicyclic) bond motifs is 5. The minimum absolute atomic E-state index is 0.233. The topological polar surface area (TPSA) is 111 Å². The highest BCUT2D eigenvalue weighted by Gasteiger charge is 2.31. The SMILES string of the molecule is CC(C)(C)C1CCc2nc3sc(C(=O)Nc4sc5c(c4C(N)=O)CCc4ccccc4-5)c(N)c3cc2C1. The Morgan fingerprint density at radius 3 is 2.62 bits per heavy atom. The zero-order valence-electron chi connectivity index (χ0n) is 21.2. The summed E-state index contributed by atoms with van der Waals surface area (Å²) in [6, 6.07) is 10.3. The van der Waals surface area contributed by atoms with Crippen LogP contribution < -0.4 is 16.8 Å². The van der Waals surface area contributed by atoms with E-state index in [1.54, 1.807) is 0 Å². The monoisotopic (exact) mass is 530 g/mol. The van der Waals surface area contributed by atoms with Crippen molar-refractivity contribution in [2.45, 2.75) is 52.9 Å². The number of carbonyl (C=O) groups excluding carboxylic acids is 2. The standard InChI is InChI=1S/C29H30N4O2S2/c1-29(2,3)16-9-11-20-15(12-16)13-19-22(30)24(37-27(19)32-20)26(35)33-28-21(25(31)34)18-10-8-14-6-4-5-7-17(14)23(18)36-28/h4-7,13,16H,8-12,30H2,1-3H3,(H2,31,34)(H,33,35). The molecule has 1 unspecified atom stereocenters. The molecule has 3 heterocycles. The highest BCUT2D eigenvalue weighted by molar-refractivity contribution is 7.22. The van der Waals surface area contributed by atoms with Crippen LogP contribution in [0.1, 0.15) is 69.6 Å². The molecule has 4 aromatic rings. The summed E-state index contributed by atoms with van der Waals surface area (Å²) in [5.41, 5.74) is 19.0. The Bertz CT molecular complexity index is 1590. The van der Waals surface area contributed by atoms with E-state index in [0.29, 0.717) is 33.5 Å². The summed E-state index contributed by atoms with van der Waals surface area (Å²) in [4.78, 5) is 33.1. The molecule has 0 radical (unpaired) electrons. The highest BCUT2D eigenvalue weighted by Crippen LogP contribution is 2.46. The lowest BCUT2D eigenvalue weighted by Crippen LogP contribution is -2.27. The molecule has 1 aromatic carbocycles. The van der Waals surface area contributed by atoms with Gasteiger partial charge in [-0.15, -0.1) is 22.7 Å². The summed E-state index contributed by atoms with van der Waals surface area (Å²) >= 11 is 2.72. The first-order valence-electron chi connectivity index (χ1n) is 12.7. The summed E-state index contributed by atoms with van der Waals surface area (Å²) in [5.74, 6) is -0.274. The maximum absolute atomic E-state index is 13.5. The number of nitrogens with one attached hydrogen (secondary N) is 1. The van der Waals surface area contributed by atoms with Gasteiger partial charge in [-0.3, -0.25) is 9.59 Å². The van der Waals surface area contributed by atoms with Gasteiger partial charge in [0.2, 0.25) is 0 Å². The first-order chi connectivity index (χ1) is 17.6. The van der Waals surface area contributed by atoms with Crippen molar-refractivity contribution in [1.29, 1.82) is 0 Å². The third-order valence-electron chi connectivity index (χ3n) is 7.90. The summed E-state index contributed by atoms with van der Waals surface area (Å²) in [5, 5.41) is 4.29. The predicted octanol–water partition coefficient (Wildman–Crippen LogP) is 6.21. The number of thiophene rings is 2. The summed E-state index contributed by atoms with van der Waals surface area (Å²) in [6.45, 7) is 6.87. The van der Waals surface area contributed by atoms with E-state index in [9.17, 15) is 9.59 Å². The minimum atomic E-state index is -0.528. The highest BCUT2D eigenvalue weighted by atomic mass is 32.1. The summed E-state index contributed by atoms with van der Waals surface area (Å²) < 4.78 is 0. The van der Waals surface area contributed by atoms with E-state index >= 15 is 0 Å². The van der Waals surface area contributed by atoms with E-state index in [4.69, 9.17) is 16.5 Å². The molecule has 8 heteroatoms. The van der Waals surface area contributed by atoms with Gasteiger partial charge in [0.1, 0.15) is 14.7 Å². The van der Waals surface area contributed by atoms with Crippen LogP contribution in [0.5, 0.6) is 0 Å². The van der Waals surface area contributed by atoms with Crippen molar-refractivity contribution >= 4 is 55.4 Å². The lowest BCUT2D eigenvalue weighted by atomic mass is 9.71. The van der Waals surface area contributed by atoms with E-state index in [-0.39, 0.29) is 11.3 Å². The summed E-state index contributed by atoms with van der Waals surface area (Å²) in [6.07, 6.45) is 4.58. The van der Waals surface area contributed by atoms with Crippen molar-refractivity contribution < 1.29 is 9.59 Å². The molecule has 6 rings (SSSR count). The fourth-order valence-electron chi connectivity index (χ4n) is 5.75. The molecule has 0 saturated carbocycles. The normalized spacial score (nSPS) is 16.7. The van der Waals surface area contributed by atoms with Crippen molar-refractivity contribution in [3.8, 4) is 10.4 Å².